The first-order chi connectivity index (χ1) is 9.58. The molecule has 0 spiro atoms. The molecule has 20 heavy (non-hydrogen) atoms. The van der Waals surface area contributed by atoms with Crippen molar-refractivity contribution in [1.29, 1.82) is 0 Å². The lowest BCUT2D eigenvalue weighted by molar-refractivity contribution is 0.532. The third-order valence-corrected chi connectivity index (χ3v) is 3.48. The minimum absolute atomic E-state index is 0.440. The molecule has 0 saturated carbocycles. The van der Waals surface area contributed by atoms with Crippen LogP contribution in [0, 0.1) is 0 Å². The average Bonchev–Trinajstić information content (AvgIpc) is 2.79. The van der Waals surface area contributed by atoms with E-state index in [2.05, 4.69) is 59.2 Å². The van der Waals surface area contributed by atoms with Crippen molar-refractivity contribution in [2.75, 3.05) is 19.0 Å². The van der Waals surface area contributed by atoms with E-state index in [1.165, 1.54) is 11.3 Å². The molecule has 1 N–H and O–H groups in total. The van der Waals surface area contributed by atoms with Crippen molar-refractivity contribution in [2.45, 2.75) is 25.9 Å². The molecule has 4 heteroatoms. The molecule has 0 fully saturated rings. The number of aromatic nitrogens is 2. The van der Waals surface area contributed by atoms with E-state index in [4.69, 9.17) is 0 Å². The lowest BCUT2D eigenvalue weighted by Gasteiger charge is -2.16. The van der Waals surface area contributed by atoms with Crippen molar-refractivity contribution in [3.05, 3.63) is 47.8 Å². The SMILES string of the molecule is CC(Cc1ccccc1)NCc1cnc(N(C)C)n1C. The van der Waals surface area contributed by atoms with Gasteiger partial charge in [0.2, 0.25) is 5.95 Å². The normalized spacial score (nSPS) is 12.4. The first-order valence-electron chi connectivity index (χ1n) is 7.03. The Kier molecular flexibility index (Phi) is 4.79. The Balaban J connectivity index is 1.89. The quantitative estimate of drug-likeness (QED) is 0.875. The van der Waals surface area contributed by atoms with Gasteiger partial charge in [-0.15, -0.1) is 0 Å². The van der Waals surface area contributed by atoms with Crippen molar-refractivity contribution < 1.29 is 0 Å². The summed E-state index contributed by atoms with van der Waals surface area (Å²) in [7, 11) is 6.08. The van der Waals surface area contributed by atoms with E-state index in [0.29, 0.717) is 6.04 Å². The Morgan fingerprint density at radius 2 is 1.95 bits per heavy atom. The average molecular weight is 272 g/mol. The molecule has 1 aromatic carbocycles. The first kappa shape index (κ1) is 14.6. The Hall–Kier alpha value is -1.81. The fourth-order valence-electron chi connectivity index (χ4n) is 2.33. The molecule has 0 aliphatic carbocycles. The predicted octanol–water partition coefficient (Wildman–Crippen LogP) is 2.21. The van der Waals surface area contributed by atoms with E-state index in [-0.39, 0.29) is 0 Å². The maximum atomic E-state index is 4.43. The van der Waals surface area contributed by atoms with Crippen LogP contribution >= 0.6 is 0 Å². The summed E-state index contributed by atoms with van der Waals surface area (Å²) in [6.45, 7) is 3.06. The molecule has 2 aromatic rings. The van der Waals surface area contributed by atoms with Gasteiger partial charge in [-0.25, -0.2) is 4.98 Å². The fraction of sp³-hybridized carbons (Fsp3) is 0.438. The van der Waals surface area contributed by atoms with Crippen LogP contribution in [0.15, 0.2) is 36.5 Å². The maximum Gasteiger partial charge on any atom is 0.204 e. The molecule has 1 unspecified atom stereocenters. The zero-order chi connectivity index (χ0) is 14.5. The molecule has 1 atom stereocenters. The second kappa shape index (κ2) is 6.57. The van der Waals surface area contributed by atoms with Crippen LogP contribution in [0.5, 0.6) is 0 Å². The number of imidazole rings is 1. The highest BCUT2D eigenvalue weighted by Crippen LogP contribution is 2.11. The molecule has 0 aliphatic heterocycles. The van der Waals surface area contributed by atoms with Crippen molar-refractivity contribution >= 4 is 5.95 Å². The second-order valence-electron chi connectivity index (χ2n) is 5.47. The third kappa shape index (κ3) is 3.61. The van der Waals surface area contributed by atoms with Crippen LogP contribution in [0.25, 0.3) is 0 Å². The summed E-state index contributed by atoms with van der Waals surface area (Å²) in [5.41, 5.74) is 2.57. The Morgan fingerprint density at radius 1 is 1.25 bits per heavy atom. The van der Waals surface area contributed by atoms with Gasteiger partial charge in [0.05, 0.1) is 11.9 Å². The summed E-state index contributed by atoms with van der Waals surface area (Å²) >= 11 is 0. The molecule has 2 rings (SSSR count). The predicted molar refractivity (Wildman–Crippen MR) is 84.0 cm³/mol. The Morgan fingerprint density at radius 3 is 2.55 bits per heavy atom. The monoisotopic (exact) mass is 272 g/mol. The number of hydrogen-bond acceptors (Lipinski definition) is 3. The Bertz CT molecular complexity index is 531. The maximum absolute atomic E-state index is 4.43. The molecule has 0 aliphatic rings. The smallest absolute Gasteiger partial charge is 0.204 e. The number of hydrogen-bond donors (Lipinski definition) is 1. The number of rotatable bonds is 6. The number of nitrogens with one attached hydrogen (secondary N) is 1. The molecule has 108 valence electrons. The number of nitrogens with zero attached hydrogens (tertiary/aromatic N) is 3. The zero-order valence-corrected chi connectivity index (χ0v) is 12.8. The van der Waals surface area contributed by atoms with E-state index in [9.17, 15) is 0 Å². The zero-order valence-electron chi connectivity index (χ0n) is 12.8. The van der Waals surface area contributed by atoms with E-state index >= 15 is 0 Å². The molecule has 0 saturated heterocycles. The van der Waals surface area contributed by atoms with Crippen LogP contribution in [0.2, 0.25) is 0 Å². The minimum atomic E-state index is 0.440. The van der Waals surface area contributed by atoms with Gasteiger partial charge in [0, 0.05) is 33.7 Å². The van der Waals surface area contributed by atoms with Gasteiger partial charge in [0.1, 0.15) is 0 Å². The van der Waals surface area contributed by atoms with E-state index in [1.54, 1.807) is 0 Å². The standard InChI is InChI=1S/C16H24N4/c1-13(10-14-8-6-5-7-9-14)17-11-15-12-18-16(19(2)3)20(15)4/h5-9,12-13,17H,10-11H2,1-4H3. The molecule has 1 heterocycles. The molecular formula is C16H24N4. The van der Waals surface area contributed by atoms with Gasteiger partial charge in [-0.05, 0) is 18.9 Å². The van der Waals surface area contributed by atoms with Crippen LogP contribution in [0.4, 0.5) is 5.95 Å². The van der Waals surface area contributed by atoms with Crippen molar-refractivity contribution in [3.63, 3.8) is 0 Å². The van der Waals surface area contributed by atoms with Crippen LogP contribution in [0.1, 0.15) is 18.2 Å². The van der Waals surface area contributed by atoms with Crippen molar-refractivity contribution in [1.82, 2.24) is 14.9 Å². The van der Waals surface area contributed by atoms with Gasteiger partial charge in [-0.3, -0.25) is 0 Å². The number of anilines is 1. The van der Waals surface area contributed by atoms with Crippen LogP contribution in [-0.2, 0) is 20.0 Å². The highest BCUT2D eigenvalue weighted by Gasteiger charge is 2.09. The van der Waals surface area contributed by atoms with Gasteiger partial charge in [-0.2, -0.15) is 0 Å². The largest absolute Gasteiger partial charge is 0.348 e. The summed E-state index contributed by atoms with van der Waals surface area (Å²) in [6, 6.07) is 11.0. The van der Waals surface area contributed by atoms with Gasteiger partial charge in [0.25, 0.3) is 0 Å². The molecule has 1 aromatic heterocycles. The summed E-state index contributed by atoms with van der Waals surface area (Å²) in [4.78, 5) is 6.45. The molecule has 4 nitrogen and oxygen atoms in total. The summed E-state index contributed by atoms with van der Waals surface area (Å²) in [6.07, 6.45) is 2.98. The summed E-state index contributed by atoms with van der Waals surface area (Å²) in [5, 5.41) is 3.56. The third-order valence-electron chi connectivity index (χ3n) is 3.48. The van der Waals surface area contributed by atoms with Gasteiger partial charge in [-0.1, -0.05) is 30.3 Å². The first-order valence-corrected chi connectivity index (χ1v) is 7.03. The van der Waals surface area contributed by atoms with Gasteiger partial charge >= 0.3 is 0 Å². The van der Waals surface area contributed by atoms with Crippen LogP contribution in [0.3, 0.4) is 0 Å². The summed E-state index contributed by atoms with van der Waals surface area (Å²) in [5.74, 6) is 0.984. The molecule has 0 amide bonds. The second-order valence-corrected chi connectivity index (χ2v) is 5.47. The topological polar surface area (TPSA) is 33.1 Å². The highest BCUT2D eigenvalue weighted by atomic mass is 15.3. The van der Waals surface area contributed by atoms with Crippen molar-refractivity contribution in [3.8, 4) is 0 Å². The fourth-order valence-corrected chi connectivity index (χ4v) is 2.33. The molecule has 0 bridgehead atoms. The number of benzene rings is 1. The highest BCUT2D eigenvalue weighted by molar-refractivity contribution is 5.30. The lowest BCUT2D eigenvalue weighted by atomic mass is 10.1. The van der Waals surface area contributed by atoms with Crippen molar-refractivity contribution in [2.24, 2.45) is 7.05 Å². The van der Waals surface area contributed by atoms with Crippen LogP contribution in [-0.4, -0.2) is 29.7 Å². The molecular weight excluding hydrogens is 248 g/mol. The summed E-state index contributed by atoms with van der Waals surface area (Å²) < 4.78 is 2.13. The lowest BCUT2D eigenvalue weighted by Crippen LogP contribution is -2.28. The van der Waals surface area contributed by atoms with E-state index in [1.807, 2.05) is 25.2 Å². The van der Waals surface area contributed by atoms with Gasteiger partial charge in [0.15, 0.2) is 0 Å². The van der Waals surface area contributed by atoms with E-state index < -0.39 is 0 Å². The minimum Gasteiger partial charge on any atom is -0.348 e. The van der Waals surface area contributed by atoms with E-state index in [0.717, 1.165) is 18.9 Å². The Labute approximate surface area is 121 Å². The molecule has 0 radical (unpaired) electrons. The van der Waals surface area contributed by atoms with Gasteiger partial charge < -0.3 is 14.8 Å². The van der Waals surface area contributed by atoms with Crippen LogP contribution < -0.4 is 10.2 Å².